The van der Waals surface area contributed by atoms with Crippen LogP contribution in [0.4, 0.5) is 0 Å². The van der Waals surface area contributed by atoms with Crippen LogP contribution < -0.4 is 5.56 Å². The first-order valence-corrected chi connectivity index (χ1v) is 8.83. The second-order valence-corrected chi connectivity index (χ2v) is 6.80. The first-order valence-electron chi connectivity index (χ1n) is 7.24. The predicted octanol–water partition coefficient (Wildman–Crippen LogP) is 4.07. The van der Waals surface area contributed by atoms with E-state index in [1.807, 2.05) is 19.1 Å². The lowest BCUT2D eigenvalue weighted by Crippen LogP contribution is -2.22. The summed E-state index contributed by atoms with van der Waals surface area (Å²) >= 11 is 6.55. The largest absolute Gasteiger partial charge is 0.506 e. The molecule has 2 aromatic carbocycles. The lowest BCUT2D eigenvalue weighted by atomic mass is 10.2. The minimum atomic E-state index is -0.203. The molecule has 0 amide bonds. The maximum absolute atomic E-state index is 12.7. The average molecular weight is 451 g/mol. The standard InChI is InChI=1S/C17H13Br2N3O2/c1-2-15-21-14-6-4-3-5-11(14)17(24)22(15)20-9-10-7-12(18)16(23)13(19)8-10/h3-9,23H,2H2,1H3. The van der Waals surface area contributed by atoms with Crippen molar-refractivity contribution in [1.29, 1.82) is 0 Å². The van der Waals surface area contributed by atoms with E-state index in [1.165, 1.54) is 4.68 Å². The van der Waals surface area contributed by atoms with Gasteiger partial charge in [-0.25, -0.2) is 4.98 Å². The van der Waals surface area contributed by atoms with Gasteiger partial charge < -0.3 is 5.11 Å². The van der Waals surface area contributed by atoms with Crippen molar-refractivity contribution in [2.45, 2.75) is 13.3 Å². The van der Waals surface area contributed by atoms with Crippen molar-refractivity contribution in [3.8, 4) is 5.75 Å². The molecule has 0 bridgehead atoms. The summed E-state index contributed by atoms with van der Waals surface area (Å²) in [6, 6.07) is 10.7. The fraction of sp³-hybridized carbons (Fsp3) is 0.118. The van der Waals surface area contributed by atoms with E-state index in [-0.39, 0.29) is 11.3 Å². The van der Waals surface area contributed by atoms with Gasteiger partial charge in [0.05, 0.1) is 26.1 Å². The van der Waals surface area contributed by atoms with E-state index in [4.69, 9.17) is 0 Å². The molecule has 0 saturated heterocycles. The summed E-state index contributed by atoms with van der Waals surface area (Å²) in [5.74, 6) is 0.706. The van der Waals surface area contributed by atoms with Crippen LogP contribution in [0.2, 0.25) is 0 Å². The second kappa shape index (κ2) is 6.86. The molecule has 1 aromatic heterocycles. The molecular formula is C17H13Br2N3O2. The number of para-hydroxylation sites is 1. The number of nitrogens with zero attached hydrogens (tertiary/aromatic N) is 3. The molecule has 24 heavy (non-hydrogen) atoms. The number of hydrogen-bond donors (Lipinski definition) is 1. The van der Waals surface area contributed by atoms with Gasteiger partial charge in [0.15, 0.2) is 0 Å². The summed E-state index contributed by atoms with van der Waals surface area (Å²) in [6.45, 7) is 1.93. The molecule has 5 nitrogen and oxygen atoms in total. The smallest absolute Gasteiger partial charge is 0.282 e. The van der Waals surface area contributed by atoms with Gasteiger partial charge in [-0.2, -0.15) is 9.78 Å². The molecule has 0 aliphatic heterocycles. The van der Waals surface area contributed by atoms with Gasteiger partial charge in [0, 0.05) is 6.42 Å². The third kappa shape index (κ3) is 3.14. The number of fused-ring (bicyclic) bond motifs is 1. The van der Waals surface area contributed by atoms with Crippen LogP contribution in [0.25, 0.3) is 10.9 Å². The molecule has 0 unspecified atom stereocenters. The van der Waals surface area contributed by atoms with Crippen molar-refractivity contribution >= 4 is 49.0 Å². The Morgan fingerprint density at radius 3 is 2.58 bits per heavy atom. The van der Waals surface area contributed by atoms with Crippen molar-refractivity contribution < 1.29 is 5.11 Å². The summed E-state index contributed by atoms with van der Waals surface area (Å²) < 4.78 is 2.40. The van der Waals surface area contributed by atoms with Crippen LogP contribution in [0.3, 0.4) is 0 Å². The highest BCUT2D eigenvalue weighted by Gasteiger charge is 2.09. The van der Waals surface area contributed by atoms with Crippen LogP contribution >= 0.6 is 31.9 Å². The van der Waals surface area contributed by atoms with Gasteiger partial charge in [-0.05, 0) is 61.7 Å². The van der Waals surface area contributed by atoms with Crippen molar-refractivity contribution in [3.63, 3.8) is 0 Å². The Morgan fingerprint density at radius 2 is 1.92 bits per heavy atom. The van der Waals surface area contributed by atoms with E-state index >= 15 is 0 Å². The van der Waals surface area contributed by atoms with E-state index in [2.05, 4.69) is 41.9 Å². The van der Waals surface area contributed by atoms with Gasteiger partial charge in [-0.3, -0.25) is 4.79 Å². The van der Waals surface area contributed by atoms with Crippen LogP contribution in [0, 0.1) is 0 Å². The van der Waals surface area contributed by atoms with Crippen LogP contribution in [0.1, 0.15) is 18.3 Å². The number of aromatic nitrogens is 2. The molecule has 0 spiro atoms. The maximum Gasteiger partial charge on any atom is 0.282 e. The molecule has 0 saturated carbocycles. The number of hydrogen-bond acceptors (Lipinski definition) is 4. The Morgan fingerprint density at radius 1 is 1.25 bits per heavy atom. The molecule has 0 aliphatic rings. The van der Waals surface area contributed by atoms with Crippen LogP contribution in [-0.2, 0) is 6.42 Å². The first kappa shape index (κ1) is 16.9. The molecule has 7 heteroatoms. The van der Waals surface area contributed by atoms with Crippen molar-refractivity contribution in [3.05, 3.63) is 67.1 Å². The SMILES string of the molecule is CCc1nc2ccccc2c(=O)n1N=Cc1cc(Br)c(O)c(Br)c1. The van der Waals surface area contributed by atoms with Crippen LogP contribution in [0.15, 0.2) is 55.2 Å². The van der Waals surface area contributed by atoms with E-state index in [0.717, 1.165) is 5.56 Å². The van der Waals surface area contributed by atoms with Gasteiger partial charge >= 0.3 is 0 Å². The highest BCUT2D eigenvalue weighted by atomic mass is 79.9. The Labute approximate surface area is 154 Å². The summed E-state index contributed by atoms with van der Waals surface area (Å²) in [7, 11) is 0. The van der Waals surface area contributed by atoms with E-state index < -0.39 is 0 Å². The van der Waals surface area contributed by atoms with Gasteiger partial charge in [0.2, 0.25) is 0 Å². The lowest BCUT2D eigenvalue weighted by molar-refractivity contribution is 0.468. The molecule has 0 aliphatic carbocycles. The minimum absolute atomic E-state index is 0.117. The van der Waals surface area contributed by atoms with E-state index in [0.29, 0.717) is 32.1 Å². The molecule has 0 fully saturated rings. The Hall–Kier alpha value is -1.99. The molecule has 1 heterocycles. The molecule has 122 valence electrons. The van der Waals surface area contributed by atoms with Crippen molar-refractivity contribution in [1.82, 2.24) is 9.66 Å². The Kier molecular flexibility index (Phi) is 4.82. The quantitative estimate of drug-likeness (QED) is 0.611. The normalized spacial score (nSPS) is 11.5. The predicted molar refractivity (Wildman–Crippen MR) is 102 cm³/mol. The zero-order chi connectivity index (χ0) is 17.3. The highest BCUT2D eigenvalue weighted by molar-refractivity contribution is 9.11. The van der Waals surface area contributed by atoms with Crippen molar-refractivity contribution in [2.24, 2.45) is 5.10 Å². The lowest BCUT2D eigenvalue weighted by Gasteiger charge is -2.07. The fourth-order valence-electron chi connectivity index (χ4n) is 2.30. The number of aryl methyl sites for hydroxylation is 1. The molecule has 0 radical (unpaired) electrons. The third-order valence-corrected chi connectivity index (χ3v) is 4.71. The summed E-state index contributed by atoms with van der Waals surface area (Å²) in [6.07, 6.45) is 2.15. The van der Waals surface area contributed by atoms with Gasteiger partial charge in [0.1, 0.15) is 11.6 Å². The minimum Gasteiger partial charge on any atom is -0.506 e. The Bertz CT molecular complexity index is 989. The van der Waals surface area contributed by atoms with Crippen LogP contribution in [-0.4, -0.2) is 21.0 Å². The number of phenolic OH excluding ortho intramolecular Hbond substituents is 1. The number of halogens is 2. The fourth-order valence-corrected chi connectivity index (χ4v) is 3.52. The highest BCUT2D eigenvalue weighted by Crippen LogP contribution is 2.32. The molecule has 3 aromatic rings. The zero-order valence-electron chi connectivity index (χ0n) is 12.7. The van der Waals surface area contributed by atoms with Crippen LogP contribution in [0.5, 0.6) is 5.75 Å². The number of phenols is 1. The Balaban J connectivity index is 2.13. The van der Waals surface area contributed by atoms with Gasteiger partial charge in [-0.15, -0.1) is 0 Å². The topological polar surface area (TPSA) is 67.5 Å². The number of benzene rings is 2. The van der Waals surface area contributed by atoms with E-state index in [1.54, 1.807) is 30.5 Å². The molecule has 0 atom stereocenters. The summed E-state index contributed by atoms with van der Waals surface area (Å²) in [5, 5.41) is 14.6. The zero-order valence-corrected chi connectivity index (χ0v) is 15.9. The van der Waals surface area contributed by atoms with Gasteiger partial charge in [-0.1, -0.05) is 19.1 Å². The first-order chi connectivity index (χ1) is 11.5. The summed E-state index contributed by atoms with van der Waals surface area (Å²) in [4.78, 5) is 17.2. The monoisotopic (exact) mass is 449 g/mol. The maximum atomic E-state index is 12.7. The van der Waals surface area contributed by atoms with Gasteiger partial charge in [0.25, 0.3) is 5.56 Å². The number of rotatable bonds is 3. The number of aromatic hydroxyl groups is 1. The van der Waals surface area contributed by atoms with Crippen molar-refractivity contribution in [2.75, 3.05) is 0 Å². The molecular weight excluding hydrogens is 438 g/mol. The van der Waals surface area contributed by atoms with E-state index in [9.17, 15) is 9.90 Å². The molecule has 1 N–H and O–H groups in total. The summed E-state index contributed by atoms with van der Waals surface area (Å²) in [5.41, 5.74) is 1.19. The molecule has 3 rings (SSSR count). The average Bonchev–Trinajstić information content (AvgIpc) is 2.58. The second-order valence-electron chi connectivity index (χ2n) is 5.09. The third-order valence-electron chi connectivity index (χ3n) is 3.50.